The molecular weight excluding hydrogens is 399 g/mol. The van der Waals surface area contributed by atoms with Crippen LogP contribution < -0.4 is 14.8 Å². The molecular formula is C21H32F3N3O3. The summed E-state index contributed by atoms with van der Waals surface area (Å²) in [5.41, 5.74) is 0.802. The number of benzene rings is 1. The maximum atomic E-state index is 12.3. The van der Waals surface area contributed by atoms with Crippen molar-refractivity contribution in [1.29, 1.82) is 0 Å². The summed E-state index contributed by atoms with van der Waals surface area (Å²) in [4.78, 5) is 16.8. The van der Waals surface area contributed by atoms with E-state index in [9.17, 15) is 18.0 Å². The van der Waals surface area contributed by atoms with Crippen molar-refractivity contribution in [2.24, 2.45) is 0 Å². The highest BCUT2D eigenvalue weighted by atomic mass is 19.4. The summed E-state index contributed by atoms with van der Waals surface area (Å²) in [6, 6.07) is 4.70. The van der Waals surface area contributed by atoms with Crippen molar-refractivity contribution in [3.63, 3.8) is 0 Å². The number of hydrogen-bond acceptors (Lipinski definition) is 5. The molecule has 0 aliphatic carbocycles. The Hall–Kier alpha value is -2.00. The fraction of sp³-hybridized carbons (Fsp3) is 0.667. The van der Waals surface area contributed by atoms with E-state index in [-0.39, 0.29) is 17.4 Å². The molecule has 0 aromatic heterocycles. The van der Waals surface area contributed by atoms with Crippen LogP contribution in [0.2, 0.25) is 0 Å². The Labute approximate surface area is 176 Å². The number of nitrogens with one attached hydrogen (secondary N) is 1. The molecule has 9 heteroatoms. The van der Waals surface area contributed by atoms with E-state index in [1.165, 1.54) is 13.2 Å². The van der Waals surface area contributed by atoms with Gasteiger partial charge in [-0.15, -0.1) is 0 Å². The quantitative estimate of drug-likeness (QED) is 0.546. The molecule has 1 aliphatic rings. The van der Waals surface area contributed by atoms with Crippen LogP contribution >= 0.6 is 0 Å². The molecule has 6 nitrogen and oxygen atoms in total. The number of methoxy groups -OCH3 is 1. The maximum absolute atomic E-state index is 12.3. The van der Waals surface area contributed by atoms with E-state index in [4.69, 9.17) is 9.47 Å². The third-order valence-corrected chi connectivity index (χ3v) is 5.08. The van der Waals surface area contributed by atoms with Crippen LogP contribution in [0.3, 0.4) is 0 Å². The van der Waals surface area contributed by atoms with Gasteiger partial charge in [-0.3, -0.25) is 4.79 Å². The summed E-state index contributed by atoms with van der Waals surface area (Å²) in [7, 11) is 3.51. The number of ether oxygens (including phenoxy) is 2. The minimum Gasteiger partial charge on any atom is -0.493 e. The zero-order valence-corrected chi connectivity index (χ0v) is 17.8. The molecule has 1 aliphatic heterocycles. The van der Waals surface area contributed by atoms with Crippen molar-refractivity contribution >= 4 is 5.91 Å². The van der Waals surface area contributed by atoms with Gasteiger partial charge in [-0.25, -0.2) is 0 Å². The first-order valence-electron chi connectivity index (χ1n) is 10.3. The van der Waals surface area contributed by atoms with Gasteiger partial charge in [0.15, 0.2) is 18.1 Å². The van der Waals surface area contributed by atoms with Crippen LogP contribution in [0.4, 0.5) is 13.2 Å². The molecule has 0 spiro atoms. The van der Waals surface area contributed by atoms with Gasteiger partial charge >= 0.3 is 6.18 Å². The van der Waals surface area contributed by atoms with E-state index in [1.54, 1.807) is 12.1 Å². The molecule has 0 radical (unpaired) electrons. The normalized spacial score (nSPS) is 15.8. The van der Waals surface area contributed by atoms with Crippen LogP contribution in [0.1, 0.15) is 24.8 Å². The number of unbranched alkanes of at least 4 members (excludes halogenated alkanes) is 1. The van der Waals surface area contributed by atoms with E-state index in [0.717, 1.165) is 51.1 Å². The minimum atomic E-state index is -4.41. The summed E-state index contributed by atoms with van der Waals surface area (Å²) in [6.07, 6.45) is -1.63. The molecule has 1 amide bonds. The molecule has 0 atom stereocenters. The van der Waals surface area contributed by atoms with Crippen molar-refractivity contribution in [2.45, 2.75) is 31.9 Å². The molecule has 1 fully saturated rings. The van der Waals surface area contributed by atoms with Crippen LogP contribution in [-0.2, 0) is 11.2 Å². The molecule has 0 bridgehead atoms. The topological polar surface area (TPSA) is 54.0 Å². The Balaban J connectivity index is 1.64. The first kappa shape index (κ1) is 24.3. The zero-order valence-electron chi connectivity index (χ0n) is 17.8. The lowest BCUT2D eigenvalue weighted by atomic mass is 10.1. The maximum Gasteiger partial charge on any atom is 0.422 e. The third-order valence-electron chi connectivity index (χ3n) is 5.08. The number of alkyl halides is 3. The molecule has 1 aromatic rings. The minimum absolute atomic E-state index is 0.0309. The Morgan fingerprint density at radius 1 is 1.13 bits per heavy atom. The summed E-state index contributed by atoms with van der Waals surface area (Å²) >= 11 is 0. The van der Waals surface area contributed by atoms with E-state index < -0.39 is 12.8 Å². The van der Waals surface area contributed by atoms with Crippen LogP contribution in [0.25, 0.3) is 0 Å². The van der Waals surface area contributed by atoms with Crippen molar-refractivity contribution in [3.05, 3.63) is 23.8 Å². The lowest BCUT2D eigenvalue weighted by molar-refractivity contribution is -0.153. The number of carbonyl (C=O) groups is 1. The number of rotatable bonds is 11. The van der Waals surface area contributed by atoms with Crippen LogP contribution in [0, 0.1) is 0 Å². The highest BCUT2D eigenvalue weighted by Gasteiger charge is 2.29. The number of aryl methyl sites for hydroxylation is 1. The second-order valence-electron chi connectivity index (χ2n) is 7.59. The number of likely N-dealkylation sites (N-methyl/N-ethyl adjacent to an activating group) is 1. The van der Waals surface area contributed by atoms with E-state index >= 15 is 0 Å². The SMILES string of the molecule is COc1cc(CCC(=O)NCCCCN2CCN(C)CC2)ccc1OCC(F)(F)F. The number of hydrogen-bond donors (Lipinski definition) is 1. The Kier molecular flexibility index (Phi) is 9.71. The number of amides is 1. The standard InChI is InChI=1S/C21H32F3N3O3/c1-26-11-13-27(14-12-26)10-4-3-9-25-20(28)8-6-17-5-7-18(19(15-17)29-2)30-16-21(22,23)24/h5,7,15H,3-4,6,8-14,16H2,1-2H3,(H,25,28). The van der Waals surface area contributed by atoms with Gasteiger partial charge in [0.1, 0.15) is 0 Å². The number of halogens is 3. The second-order valence-corrected chi connectivity index (χ2v) is 7.59. The van der Waals surface area contributed by atoms with Crippen molar-refractivity contribution in [1.82, 2.24) is 15.1 Å². The van der Waals surface area contributed by atoms with E-state index in [1.807, 2.05) is 0 Å². The highest BCUT2D eigenvalue weighted by molar-refractivity contribution is 5.76. The average molecular weight is 431 g/mol. The zero-order chi connectivity index (χ0) is 22.0. The molecule has 0 saturated carbocycles. The first-order valence-corrected chi connectivity index (χ1v) is 10.3. The van der Waals surface area contributed by atoms with Gasteiger partial charge in [0.2, 0.25) is 5.91 Å². The molecule has 30 heavy (non-hydrogen) atoms. The van der Waals surface area contributed by atoms with Gasteiger partial charge in [-0.05, 0) is 50.6 Å². The summed E-state index contributed by atoms with van der Waals surface area (Å²) in [5.74, 6) is 0.218. The van der Waals surface area contributed by atoms with Gasteiger partial charge in [-0.2, -0.15) is 13.2 Å². The van der Waals surface area contributed by atoms with Crippen molar-refractivity contribution < 1.29 is 27.4 Å². The van der Waals surface area contributed by atoms with Gasteiger partial charge in [0.25, 0.3) is 0 Å². The Bertz CT molecular complexity index is 663. The Morgan fingerprint density at radius 3 is 2.53 bits per heavy atom. The lowest BCUT2D eigenvalue weighted by Crippen LogP contribution is -2.44. The van der Waals surface area contributed by atoms with Crippen LogP contribution in [0.5, 0.6) is 11.5 Å². The first-order chi connectivity index (χ1) is 14.3. The molecule has 1 aromatic carbocycles. The molecule has 1 heterocycles. The summed E-state index contributed by atoms with van der Waals surface area (Å²) in [5, 5.41) is 2.93. The third kappa shape index (κ3) is 9.21. The monoisotopic (exact) mass is 431 g/mol. The van der Waals surface area contributed by atoms with Gasteiger partial charge < -0.3 is 24.6 Å². The summed E-state index contributed by atoms with van der Waals surface area (Å²) < 4.78 is 46.8. The van der Waals surface area contributed by atoms with Gasteiger partial charge in [0.05, 0.1) is 7.11 Å². The average Bonchev–Trinajstić information content (AvgIpc) is 2.71. The molecule has 2 rings (SSSR count). The predicted molar refractivity (Wildman–Crippen MR) is 109 cm³/mol. The largest absolute Gasteiger partial charge is 0.493 e. The fourth-order valence-corrected chi connectivity index (χ4v) is 3.25. The second kappa shape index (κ2) is 12.0. The van der Waals surface area contributed by atoms with Gasteiger partial charge in [0, 0.05) is 39.1 Å². The van der Waals surface area contributed by atoms with Crippen LogP contribution in [-0.4, -0.2) is 81.9 Å². The van der Waals surface area contributed by atoms with E-state index in [2.05, 4.69) is 22.2 Å². The van der Waals surface area contributed by atoms with Gasteiger partial charge in [-0.1, -0.05) is 6.07 Å². The van der Waals surface area contributed by atoms with Crippen LogP contribution in [0.15, 0.2) is 18.2 Å². The predicted octanol–water partition coefficient (Wildman–Crippen LogP) is 2.71. The number of carbonyl (C=O) groups excluding carboxylic acids is 1. The fourth-order valence-electron chi connectivity index (χ4n) is 3.25. The van der Waals surface area contributed by atoms with Crippen molar-refractivity contribution in [2.75, 3.05) is 60.0 Å². The number of nitrogens with zero attached hydrogens (tertiary/aromatic N) is 2. The molecule has 0 unspecified atom stereocenters. The smallest absolute Gasteiger partial charge is 0.422 e. The van der Waals surface area contributed by atoms with E-state index in [0.29, 0.717) is 19.4 Å². The number of piperazine rings is 1. The molecule has 1 saturated heterocycles. The Morgan fingerprint density at radius 2 is 1.87 bits per heavy atom. The lowest BCUT2D eigenvalue weighted by Gasteiger charge is -2.32. The highest BCUT2D eigenvalue weighted by Crippen LogP contribution is 2.30. The van der Waals surface area contributed by atoms with Crippen molar-refractivity contribution in [3.8, 4) is 11.5 Å². The molecule has 1 N–H and O–H groups in total. The molecule has 170 valence electrons. The summed E-state index contributed by atoms with van der Waals surface area (Å²) in [6.45, 7) is 4.76.